The Labute approximate surface area is 173 Å². The molecule has 0 saturated heterocycles. The number of aryl methyl sites for hydroxylation is 3. The van der Waals surface area contributed by atoms with Gasteiger partial charge in [0.25, 0.3) is 0 Å². The van der Waals surface area contributed by atoms with E-state index in [4.69, 9.17) is 0 Å². The summed E-state index contributed by atoms with van der Waals surface area (Å²) in [6.07, 6.45) is 0.311. The molecule has 3 aromatic carbocycles. The molecule has 30 heavy (non-hydrogen) atoms. The van der Waals surface area contributed by atoms with Crippen LogP contribution in [0.1, 0.15) is 36.5 Å². The van der Waals surface area contributed by atoms with Crippen LogP contribution in [-0.2, 0) is 19.3 Å². The SMILES string of the molecule is CCCCc1ccc2c(c1)CCc1cc(-c3ccc(OC(F)(F)F)cc3)c(F)cc1-2. The van der Waals surface area contributed by atoms with Crippen molar-refractivity contribution in [1.82, 2.24) is 0 Å². The summed E-state index contributed by atoms with van der Waals surface area (Å²) in [6.45, 7) is 2.17. The molecule has 0 amide bonds. The van der Waals surface area contributed by atoms with E-state index in [0.29, 0.717) is 11.1 Å². The Hall–Kier alpha value is -2.82. The van der Waals surface area contributed by atoms with E-state index in [2.05, 4.69) is 29.9 Å². The highest BCUT2D eigenvalue weighted by molar-refractivity contribution is 5.78. The van der Waals surface area contributed by atoms with E-state index in [1.54, 1.807) is 6.07 Å². The molecule has 1 aliphatic carbocycles. The van der Waals surface area contributed by atoms with Crippen LogP contribution in [0.5, 0.6) is 5.75 Å². The molecule has 1 nitrogen and oxygen atoms in total. The van der Waals surface area contributed by atoms with Crippen LogP contribution in [0.2, 0.25) is 0 Å². The first-order valence-electron chi connectivity index (χ1n) is 10.1. The van der Waals surface area contributed by atoms with Gasteiger partial charge >= 0.3 is 6.36 Å². The molecule has 0 aliphatic heterocycles. The Morgan fingerprint density at radius 2 is 1.53 bits per heavy atom. The molecule has 0 N–H and O–H groups in total. The second-order valence-electron chi connectivity index (χ2n) is 7.66. The van der Waals surface area contributed by atoms with Gasteiger partial charge in [-0.3, -0.25) is 0 Å². The first-order valence-corrected chi connectivity index (χ1v) is 10.1. The molecule has 1 aliphatic rings. The normalized spacial score (nSPS) is 13.0. The van der Waals surface area contributed by atoms with Crippen molar-refractivity contribution in [3.05, 3.63) is 77.1 Å². The van der Waals surface area contributed by atoms with Crippen molar-refractivity contribution in [2.24, 2.45) is 0 Å². The van der Waals surface area contributed by atoms with Crippen molar-refractivity contribution in [3.63, 3.8) is 0 Å². The van der Waals surface area contributed by atoms with Crippen molar-refractivity contribution in [2.45, 2.75) is 45.4 Å². The summed E-state index contributed by atoms with van der Waals surface area (Å²) in [5.74, 6) is -0.710. The van der Waals surface area contributed by atoms with E-state index < -0.39 is 6.36 Å². The molecule has 0 saturated carbocycles. The number of ether oxygens (including phenoxy) is 1. The summed E-state index contributed by atoms with van der Waals surface area (Å²) in [4.78, 5) is 0. The van der Waals surface area contributed by atoms with Crippen LogP contribution in [0, 0.1) is 5.82 Å². The number of unbranched alkanes of at least 4 members (excludes halogenated alkanes) is 1. The van der Waals surface area contributed by atoms with Crippen LogP contribution in [-0.4, -0.2) is 6.36 Å². The third-order valence-electron chi connectivity index (χ3n) is 5.53. The van der Waals surface area contributed by atoms with Crippen LogP contribution < -0.4 is 4.74 Å². The van der Waals surface area contributed by atoms with Gasteiger partial charge in [-0.25, -0.2) is 4.39 Å². The highest BCUT2D eigenvalue weighted by atomic mass is 19.4. The van der Waals surface area contributed by atoms with E-state index in [1.165, 1.54) is 35.4 Å². The van der Waals surface area contributed by atoms with Gasteiger partial charge in [-0.1, -0.05) is 43.7 Å². The van der Waals surface area contributed by atoms with Crippen LogP contribution in [0.25, 0.3) is 22.3 Å². The monoisotopic (exact) mass is 414 g/mol. The molecule has 0 aromatic heterocycles. The van der Waals surface area contributed by atoms with Crippen LogP contribution >= 0.6 is 0 Å². The maximum absolute atomic E-state index is 15.0. The summed E-state index contributed by atoms with van der Waals surface area (Å²) < 4.78 is 55.9. The summed E-state index contributed by atoms with van der Waals surface area (Å²) in [7, 11) is 0. The standard InChI is InChI=1S/C25H22F4O/c1-2-3-4-16-5-12-21-18(13-16)6-7-19-14-23(24(26)15-22(19)21)17-8-10-20(11-9-17)30-25(27,28)29/h5,8-15H,2-4,6-7H2,1H3. The molecule has 0 atom stereocenters. The first-order chi connectivity index (χ1) is 14.3. The van der Waals surface area contributed by atoms with Crippen LogP contribution in [0.4, 0.5) is 17.6 Å². The Kier molecular flexibility index (Phi) is 5.54. The average molecular weight is 414 g/mol. The average Bonchev–Trinajstić information content (AvgIpc) is 2.71. The van der Waals surface area contributed by atoms with E-state index >= 15 is 0 Å². The molecular weight excluding hydrogens is 392 g/mol. The van der Waals surface area contributed by atoms with Gasteiger partial charge in [0.2, 0.25) is 0 Å². The lowest BCUT2D eigenvalue weighted by Crippen LogP contribution is -2.16. The van der Waals surface area contributed by atoms with E-state index in [1.807, 2.05) is 6.07 Å². The molecule has 4 rings (SSSR count). The number of benzene rings is 3. The summed E-state index contributed by atoms with van der Waals surface area (Å²) >= 11 is 0. The number of hydrogen-bond acceptors (Lipinski definition) is 1. The highest BCUT2D eigenvalue weighted by Gasteiger charge is 2.31. The maximum atomic E-state index is 15.0. The molecular formula is C25H22F4O. The highest BCUT2D eigenvalue weighted by Crippen LogP contribution is 2.38. The van der Waals surface area contributed by atoms with Gasteiger partial charge < -0.3 is 4.74 Å². The van der Waals surface area contributed by atoms with Crippen LogP contribution in [0.3, 0.4) is 0 Å². The molecule has 5 heteroatoms. The third-order valence-corrected chi connectivity index (χ3v) is 5.53. The summed E-state index contributed by atoms with van der Waals surface area (Å²) in [6, 6.07) is 15.1. The number of hydrogen-bond donors (Lipinski definition) is 0. The number of fused-ring (bicyclic) bond motifs is 3. The maximum Gasteiger partial charge on any atom is 0.573 e. The predicted molar refractivity (Wildman–Crippen MR) is 110 cm³/mol. The molecule has 0 fully saturated rings. The third kappa shape index (κ3) is 4.35. The topological polar surface area (TPSA) is 9.23 Å². The quantitative estimate of drug-likeness (QED) is 0.393. The lowest BCUT2D eigenvalue weighted by Gasteiger charge is -2.22. The minimum absolute atomic E-state index is 0.322. The van der Waals surface area contributed by atoms with Gasteiger partial charge in [0.1, 0.15) is 11.6 Å². The van der Waals surface area contributed by atoms with Crippen molar-refractivity contribution >= 4 is 0 Å². The number of alkyl halides is 3. The van der Waals surface area contributed by atoms with Crippen LogP contribution in [0.15, 0.2) is 54.6 Å². The Balaban J connectivity index is 1.64. The first kappa shape index (κ1) is 20.5. The molecule has 0 bridgehead atoms. The minimum Gasteiger partial charge on any atom is -0.406 e. The fraction of sp³-hybridized carbons (Fsp3) is 0.280. The Morgan fingerprint density at radius 1 is 0.833 bits per heavy atom. The molecule has 156 valence electrons. The zero-order valence-electron chi connectivity index (χ0n) is 16.7. The number of rotatable bonds is 5. The summed E-state index contributed by atoms with van der Waals surface area (Å²) in [5, 5.41) is 0. The Morgan fingerprint density at radius 3 is 2.20 bits per heavy atom. The van der Waals surface area contributed by atoms with Crippen molar-refractivity contribution in [3.8, 4) is 28.0 Å². The Bertz CT molecular complexity index is 1050. The molecule has 3 aromatic rings. The fourth-order valence-electron chi connectivity index (χ4n) is 4.06. The van der Waals surface area contributed by atoms with Gasteiger partial charge in [-0.15, -0.1) is 13.2 Å². The van der Waals surface area contributed by atoms with Gasteiger partial charge in [-0.2, -0.15) is 0 Å². The van der Waals surface area contributed by atoms with E-state index in [0.717, 1.165) is 48.8 Å². The summed E-state index contributed by atoms with van der Waals surface area (Å²) in [5.41, 5.74) is 6.48. The predicted octanol–water partition coefficient (Wildman–Crippen LogP) is 7.50. The zero-order chi connectivity index (χ0) is 21.3. The van der Waals surface area contributed by atoms with Crippen molar-refractivity contribution < 1.29 is 22.3 Å². The van der Waals surface area contributed by atoms with Gasteiger partial charge in [0.05, 0.1) is 0 Å². The molecule has 0 heterocycles. The largest absolute Gasteiger partial charge is 0.573 e. The lowest BCUT2D eigenvalue weighted by molar-refractivity contribution is -0.274. The van der Waals surface area contributed by atoms with Crippen molar-refractivity contribution in [2.75, 3.05) is 0 Å². The van der Waals surface area contributed by atoms with Gasteiger partial charge in [0.15, 0.2) is 0 Å². The smallest absolute Gasteiger partial charge is 0.406 e. The number of halogens is 4. The minimum atomic E-state index is -4.75. The zero-order valence-corrected chi connectivity index (χ0v) is 16.7. The second kappa shape index (κ2) is 8.13. The van der Waals surface area contributed by atoms with Gasteiger partial charge in [0, 0.05) is 5.56 Å². The molecule has 0 unspecified atom stereocenters. The van der Waals surface area contributed by atoms with E-state index in [9.17, 15) is 17.6 Å². The van der Waals surface area contributed by atoms with Gasteiger partial charge in [-0.05, 0) is 83.3 Å². The molecule has 0 spiro atoms. The van der Waals surface area contributed by atoms with E-state index in [-0.39, 0.29) is 11.6 Å². The molecule has 0 radical (unpaired) electrons. The van der Waals surface area contributed by atoms with Crippen molar-refractivity contribution in [1.29, 1.82) is 0 Å². The fourth-order valence-corrected chi connectivity index (χ4v) is 4.06. The second-order valence-corrected chi connectivity index (χ2v) is 7.66. The lowest BCUT2D eigenvalue weighted by atomic mass is 9.83.